The van der Waals surface area contributed by atoms with Crippen molar-refractivity contribution in [3.63, 3.8) is 0 Å². The summed E-state index contributed by atoms with van der Waals surface area (Å²) in [4.78, 5) is 11.4. The smallest absolute Gasteiger partial charge is 0.404 e. The van der Waals surface area contributed by atoms with Gasteiger partial charge in [-0.1, -0.05) is 81.4 Å². The lowest BCUT2D eigenvalue weighted by Gasteiger charge is -2.34. The molecule has 2 N–H and O–H groups in total. The summed E-state index contributed by atoms with van der Waals surface area (Å²) in [6.45, 7) is 7.58. The lowest BCUT2D eigenvalue weighted by Crippen LogP contribution is -2.45. The molecule has 1 aliphatic rings. The summed E-state index contributed by atoms with van der Waals surface area (Å²) in [7, 11) is 0. The normalized spacial score (nSPS) is 22.5. The van der Waals surface area contributed by atoms with E-state index in [4.69, 9.17) is 4.74 Å². The molecular formula is C24H31NO3. The second kappa shape index (κ2) is 8.36. The molecule has 4 heteroatoms. The number of amides is 1. The number of hydrogen-bond donors (Lipinski definition) is 2. The van der Waals surface area contributed by atoms with Crippen LogP contribution in [0.4, 0.5) is 4.79 Å². The molecule has 3 rings (SSSR count). The van der Waals surface area contributed by atoms with Crippen molar-refractivity contribution in [3.05, 3.63) is 71.8 Å². The van der Waals surface area contributed by atoms with E-state index in [-0.39, 0.29) is 16.9 Å². The fourth-order valence-electron chi connectivity index (χ4n) is 4.07. The van der Waals surface area contributed by atoms with E-state index in [1.807, 2.05) is 24.3 Å². The third kappa shape index (κ3) is 4.93. The molecule has 0 aliphatic heterocycles. The van der Waals surface area contributed by atoms with Gasteiger partial charge >= 0.3 is 6.09 Å². The lowest BCUT2D eigenvalue weighted by molar-refractivity contribution is 0.102. The SMILES string of the molecule is CC(C)(C)C(C[C@]1(c2ccccc2)C[C@H]1COCc1ccccc1)NC(=O)O. The second-order valence-electron chi connectivity index (χ2n) is 9.00. The lowest BCUT2D eigenvalue weighted by atomic mass is 9.77. The topological polar surface area (TPSA) is 58.6 Å². The molecular weight excluding hydrogens is 350 g/mol. The fourth-order valence-corrected chi connectivity index (χ4v) is 4.07. The first-order valence-electron chi connectivity index (χ1n) is 9.98. The van der Waals surface area contributed by atoms with Gasteiger partial charge in [0, 0.05) is 11.5 Å². The Bertz CT molecular complexity index is 769. The van der Waals surface area contributed by atoms with E-state index in [1.54, 1.807) is 0 Å². The number of nitrogens with one attached hydrogen (secondary N) is 1. The number of hydrogen-bond acceptors (Lipinski definition) is 2. The van der Waals surface area contributed by atoms with Crippen molar-refractivity contribution in [2.24, 2.45) is 11.3 Å². The molecule has 0 bridgehead atoms. The molecule has 28 heavy (non-hydrogen) atoms. The highest BCUT2D eigenvalue weighted by atomic mass is 16.5. The maximum absolute atomic E-state index is 11.4. The zero-order chi connectivity index (χ0) is 20.2. The molecule has 0 spiro atoms. The van der Waals surface area contributed by atoms with E-state index in [2.05, 4.69) is 62.5 Å². The van der Waals surface area contributed by atoms with Crippen LogP contribution in [0.5, 0.6) is 0 Å². The number of ether oxygens (including phenoxy) is 1. The largest absolute Gasteiger partial charge is 0.465 e. The van der Waals surface area contributed by atoms with E-state index in [0.717, 1.165) is 12.8 Å². The van der Waals surface area contributed by atoms with Gasteiger partial charge in [-0.3, -0.25) is 0 Å². The minimum Gasteiger partial charge on any atom is -0.465 e. The number of carbonyl (C=O) groups is 1. The van der Waals surface area contributed by atoms with E-state index < -0.39 is 6.09 Å². The van der Waals surface area contributed by atoms with Crippen molar-refractivity contribution in [2.45, 2.75) is 51.7 Å². The van der Waals surface area contributed by atoms with Crippen LogP contribution in [0.3, 0.4) is 0 Å². The fraction of sp³-hybridized carbons (Fsp3) is 0.458. The summed E-state index contributed by atoms with van der Waals surface area (Å²) in [6, 6.07) is 20.6. The molecule has 1 amide bonds. The monoisotopic (exact) mass is 381 g/mol. The van der Waals surface area contributed by atoms with Gasteiger partial charge in [0.05, 0.1) is 13.2 Å². The van der Waals surface area contributed by atoms with Gasteiger partial charge in [-0.2, -0.15) is 0 Å². The minimum absolute atomic E-state index is 0.0294. The van der Waals surface area contributed by atoms with Crippen molar-refractivity contribution in [1.29, 1.82) is 0 Å². The number of benzene rings is 2. The van der Waals surface area contributed by atoms with Crippen LogP contribution in [0.2, 0.25) is 0 Å². The average Bonchev–Trinajstić information content (AvgIpc) is 3.36. The molecule has 1 saturated carbocycles. The van der Waals surface area contributed by atoms with Crippen LogP contribution in [-0.4, -0.2) is 23.8 Å². The highest BCUT2D eigenvalue weighted by Crippen LogP contribution is 2.58. The Balaban J connectivity index is 1.72. The van der Waals surface area contributed by atoms with Crippen LogP contribution in [0.25, 0.3) is 0 Å². The van der Waals surface area contributed by atoms with Crippen LogP contribution in [0.1, 0.15) is 44.7 Å². The molecule has 1 fully saturated rings. The van der Waals surface area contributed by atoms with Gasteiger partial charge in [0.25, 0.3) is 0 Å². The van der Waals surface area contributed by atoms with Gasteiger partial charge in [-0.15, -0.1) is 0 Å². The number of rotatable bonds is 8. The molecule has 2 aromatic rings. The van der Waals surface area contributed by atoms with Crippen molar-refractivity contribution >= 4 is 6.09 Å². The van der Waals surface area contributed by atoms with Gasteiger partial charge in [-0.25, -0.2) is 4.79 Å². The summed E-state index contributed by atoms with van der Waals surface area (Å²) >= 11 is 0. The van der Waals surface area contributed by atoms with Crippen molar-refractivity contribution in [3.8, 4) is 0 Å². The van der Waals surface area contributed by atoms with Crippen LogP contribution in [-0.2, 0) is 16.8 Å². The third-order valence-electron chi connectivity index (χ3n) is 5.92. The van der Waals surface area contributed by atoms with Crippen LogP contribution in [0.15, 0.2) is 60.7 Å². The zero-order valence-electron chi connectivity index (χ0n) is 17.0. The molecule has 1 unspecified atom stereocenters. The molecule has 150 valence electrons. The summed E-state index contributed by atoms with van der Waals surface area (Å²) in [5, 5.41) is 12.1. The highest BCUT2D eigenvalue weighted by molar-refractivity contribution is 5.65. The van der Waals surface area contributed by atoms with Gasteiger partial charge in [0.1, 0.15) is 0 Å². The van der Waals surface area contributed by atoms with E-state index >= 15 is 0 Å². The Morgan fingerprint density at radius 1 is 1.14 bits per heavy atom. The number of carboxylic acid groups (broad SMARTS) is 1. The summed E-state index contributed by atoms with van der Waals surface area (Å²) in [5.74, 6) is 0.402. The summed E-state index contributed by atoms with van der Waals surface area (Å²) in [6.07, 6.45) is 0.854. The molecule has 4 nitrogen and oxygen atoms in total. The first kappa shape index (κ1) is 20.4. The first-order chi connectivity index (χ1) is 13.3. The highest BCUT2D eigenvalue weighted by Gasteiger charge is 2.56. The quantitative estimate of drug-likeness (QED) is 0.658. The van der Waals surface area contributed by atoms with Gasteiger partial charge in [0.15, 0.2) is 0 Å². The Labute approximate surface area is 167 Å². The third-order valence-corrected chi connectivity index (χ3v) is 5.92. The van der Waals surface area contributed by atoms with E-state index in [0.29, 0.717) is 19.1 Å². The summed E-state index contributed by atoms with van der Waals surface area (Å²) in [5.41, 5.74) is 2.27. The maximum Gasteiger partial charge on any atom is 0.404 e. The second-order valence-corrected chi connectivity index (χ2v) is 9.00. The summed E-state index contributed by atoms with van der Waals surface area (Å²) < 4.78 is 6.03. The minimum atomic E-state index is -0.958. The molecule has 2 aromatic carbocycles. The first-order valence-corrected chi connectivity index (χ1v) is 9.98. The maximum atomic E-state index is 11.4. The standard InChI is InChI=1S/C24H31NO3/c1-23(2,3)21(25-22(26)27)15-24(19-12-8-5-9-13-19)14-20(24)17-28-16-18-10-6-4-7-11-18/h4-13,20-21,25H,14-17H2,1-3H3,(H,26,27)/t20-,21?,24-/m0/s1. The average molecular weight is 382 g/mol. The van der Waals surface area contributed by atoms with Gasteiger partial charge < -0.3 is 15.2 Å². The molecule has 3 atom stereocenters. The molecule has 0 saturated heterocycles. The van der Waals surface area contributed by atoms with E-state index in [1.165, 1.54) is 11.1 Å². The predicted octanol–water partition coefficient (Wildman–Crippen LogP) is 5.23. The molecule has 0 aromatic heterocycles. The van der Waals surface area contributed by atoms with Crippen molar-refractivity contribution in [1.82, 2.24) is 5.32 Å². The Hall–Kier alpha value is -2.33. The molecule has 1 aliphatic carbocycles. The van der Waals surface area contributed by atoms with Crippen LogP contribution >= 0.6 is 0 Å². The van der Waals surface area contributed by atoms with Crippen LogP contribution in [0, 0.1) is 11.3 Å². The van der Waals surface area contributed by atoms with E-state index in [9.17, 15) is 9.90 Å². The Morgan fingerprint density at radius 3 is 2.32 bits per heavy atom. The zero-order valence-corrected chi connectivity index (χ0v) is 17.0. The molecule has 0 heterocycles. The predicted molar refractivity (Wildman–Crippen MR) is 111 cm³/mol. The van der Waals surface area contributed by atoms with Gasteiger partial charge in [-0.05, 0) is 35.3 Å². The Kier molecular flexibility index (Phi) is 6.09. The van der Waals surface area contributed by atoms with Crippen molar-refractivity contribution < 1.29 is 14.6 Å². The van der Waals surface area contributed by atoms with Crippen molar-refractivity contribution in [2.75, 3.05) is 6.61 Å². The van der Waals surface area contributed by atoms with Gasteiger partial charge in [0.2, 0.25) is 0 Å². The Morgan fingerprint density at radius 2 is 1.75 bits per heavy atom. The molecule has 0 radical (unpaired) electrons. The van der Waals surface area contributed by atoms with Crippen LogP contribution < -0.4 is 5.32 Å².